The third-order valence-electron chi connectivity index (χ3n) is 5.65. The minimum absolute atomic E-state index is 0.279. The van der Waals surface area contributed by atoms with Crippen LogP contribution < -0.4 is 10.6 Å². The zero-order chi connectivity index (χ0) is 13.9. The molecule has 4 fully saturated rings. The molecule has 4 saturated heterocycles. The molecular formula is C16H29N3O. The van der Waals surface area contributed by atoms with Gasteiger partial charge < -0.3 is 15.5 Å². The Bertz CT molecular complexity index is 333. The smallest absolute Gasteiger partial charge is 0.220 e. The van der Waals surface area contributed by atoms with Gasteiger partial charge in [-0.3, -0.25) is 4.79 Å². The minimum atomic E-state index is 0.279. The van der Waals surface area contributed by atoms with Crippen molar-refractivity contribution in [2.45, 2.75) is 45.1 Å². The number of carbonyl (C=O) groups excluding carboxylic acids is 1. The summed E-state index contributed by atoms with van der Waals surface area (Å²) in [5.41, 5.74) is 0. The summed E-state index contributed by atoms with van der Waals surface area (Å²) in [4.78, 5) is 14.8. The molecule has 4 heterocycles. The summed E-state index contributed by atoms with van der Waals surface area (Å²) in [6.45, 7) is 8.04. The number of amides is 1. The van der Waals surface area contributed by atoms with Crippen molar-refractivity contribution >= 4 is 5.91 Å². The summed E-state index contributed by atoms with van der Waals surface area (Å²) in [5, 5.41) is 6.77. The highest BCUT2D eigenvalue weighted by atomic mass is 16.1. The normalized spacial score (nSPS) is 38.5. The van der Waals surface area contributed by atoms with Crippen molar-refractivity contribution in [3.8, 4) is 0 Å². The maximum Gasteiger partial charge on any atom is 0.220 e. The van der Waals surface area contributed by atoms with Gasteiger partial charge in [-0.05, 0) is 69.6 Å². The molecule has 0 spiro atoms. The van der Waals surface area contributed by atoms with Gasteiger partial charge in [-0.15, -0.1) is 0 Å². The van der Waals surface area contributed by atoms with Gasteiger partial charge in [0.1, 0.15) is 0 Å². The summed E-state index contributed by atoms with van der Waals surface area (Å²) in [5.74, 6) is 2.20. The van der Waals surface area contributed by atoms with E-state index in [1.807, 2.05) is 0 Å². The molecular weight excluding hydrogens is 250 g/mol. The summed E-state index contributed by atoms with van der Waals surface area (Å²) in [7, 11) is 0. The van der Waals surface area contributed by atoms with E-state index in [0.29, 0.717) is 24.3 Å². The van der Waals surface area contributed by atoms with Gasteiger partial charge in [0.05, 0.1) is 0 Å². The Labute approximate surface area is 122 Å². The summed E-state index contributed by atoms with van der Waals surface area (Å²) < 4.78 is 0. The first-order chi connectivity index (χ1) is 9.72. The van der Waals surface area contributed by atoms with Crippen molar-refractivity contribution in [2.75, 3.05) is 32.7 Å². The fraction of sp³-hybridized carbons (Fsp3) is 0.938. The van der Waals surface area contributed by atoms with Crippen LogP contribution in [-0.2, 0) is 4.79 Å². The predicted molar refractivity (Wildman–Crippen MR) is 80.5 cm³/mol. The third-order valence-corrected chi connectivity index (χ3v) is 5.65. The van der Waals surface area contributed by atoms with E-state index in [2.05, 4.69) is 22.5 Å². The SMILES string of the molecule is CC(CC(=O)NC1CN2CCC1CC2)C1CCCNC1. The van der Waals surface area contributed by atoms with Gasteiger partial charge >= 0.3 is 0 Å². The lowest BCUT2D eigenvalue weighted by Gasteiger charge is -2.45. The number of carbonyl (C=O) groups is 1. The second-order valence-electron chi connectivity index (χ2n) is 7.10. The molecule has 0 aromatic heterocycles. The molecule has 3 unspecified atom stereocenters. The molecule has 0 aliphatic carbocycles. The first-order valence-electron chi connectivity index (χ1n) is 8.45. The molecule has 4 aliphatic rings. The topological polar surface area (TPSA) is 44.4 Å². The predicted octanol–water partition coefficient (Wildman–Crippen LogP) is 1.22. The molecule has 0 saturated carbocycles. The fourth-order valence-electron chi connectivity index (χ4n) is 4.22. The van der Waals surface area contributed by atoms with E-state index < -0.39 is 0 Å². The van der Waals surface area contributed by atoms with Crippen molar-refractivity contribution in [3.63, 3.8) is 0 Å². The van der Waals surface area contributed by atoms with Crippen molar-refractivity contribution < 1.29 is 4.79 Å². The molecule has 4 aliphatic heterocycles. The number of rotatable bonds is 4. The molecule has 4 heteroatoms. The van der Waals surface area contributed by atoms with Crippen molar-refractivity contribution in [2.24, 2.45) is 17.8 Å². The monoisotopic (exact) mass is 279 g/mol. The van der Waals surface area contributed by atoms with Crippen LogP contribution in [0.15, 0.2) is 0 Å². The average Bonchev–Trinajstić information content (AvgIpc) is 2.49. The lowest BCUT2D eigenvalue weighted by molar-refractivity contribution is -0.124. The van der Waals surface area contributed by atoms with Crippen LogP contribution in [0.5, 0.6) is 0 Å². The molecule has 2 N–H and O–H groups in total. The lowest BCUT2D eigenvalue weighted by Crippen LogP contribution is -2.57. The molecule has 0 aromatic carbocycles. The van der Waals surface area contributed by atoms with Gasteiger partial charge in [-0.2, -0.15) is 0 Å². The van der Waals surface area contributed by atoms with Gasteiger partial charge in [-0.25, -0.2) is 0 Å². The van der Waals surface area contributed by atoms with Gasteiger partial charge in [-0.1, -0.05) is 6.92 Å². The summed E-state index contributed by atoms with van der Waals surface area (Å²) in [6.07, 6.45) is 5.78. The molecule has 114 valence electrons. The molecule has 0 radical (unpaired) electrons. The Hall–Kier alpha value is -0.610. The Balaban J connectivity index is 1.44. The maximum atomic E-state index is 12.3. The first kappa shape index (κ1) is 14.3. The van der Waals surface area contributed by atoms with Gasteiger partial charge in [0.2, 0.25) is 5.91 Å². The maximum absolute atomic E-state index is 12.3. The van der Waals surface area contributed by atoms with Crippen LogP contribution in [0, 0.1) is 17.8 Å². The Morgan fingerprint density at radius 3 is 2.75 bits per heavy atom. The van der Waals surface area contributed by atoms with Crippen LogP contribution in [-0.4, -0.2) is 49.6 Å². The second kappa shape index (κ2) is 6.44. The number of nitrogens with one attached hydrogen (secondary N) is 2. The lowest BCUT2D eigenvalue weighted by atomic mass is 9.83. The summed E-state index contributed by atoms with van der Waals surface area (Å²) in [6, 6.07) is 0.418. The highest BCUT2D eigenvalue weighted by Crippen LogP contribution is 2.28. The van der Waals surface area contributed by atoms with Crippen molar-refractivity contribution in [1.29, 1.82) is 0 Å². The Morgan fingerprint density at radius 2 is 2.15 bits per heavy atom. The number of piperidine rings is 4. The number of nitrogens with zero attached hydrogens (tertiary/aromatic N) is 1. The van der Waals surface area contributed by atoms with Crippen LogP contribution in [0.1, 0.15) is 39.0 Å². The largest absolute Gasteiger partial charge is 0.352 e. The van der Waals surface area contributed by atoms with E-state index in [1.165, 1.54) is 38.8 Å². The third kappa shape index (κ3) is 3.34. The second-order valence-corrected chi connectivity index (χ2v) is 7.10. The van der Waals surface area contributed by atoms with Gasteiger partial charge in [0.25, 0.3) is 0 Å². The van der Waals surface area contributed by atoms with Crippen LogP contribution in [0.3, 0.4) is 0 Å². The zero-order valence-corrected chi connectivity index (χ0v) is 12.7. The van der Waals surface area contributed by atoms with Crippen molar-refractivity contribution in [1.82, 2.24) is 15.5 Å². The van der Waals surface area contributed by atoms with E-state index in [0.717, 1.165) is 25.6 Å². The highest BCUT2D eigenvalue weighted by Gasteiger charge is 2.35. The van der Waals surface area contributed by atoms with E-state index in [4.69, 9.17) is 0 Å². The Morgan fingerprint density at radius 1 is 1.35 bits per heavy atom. The minimum Gasteiger partial charge on any atom is -0.352 e. The molecule has 20 heavy (non-hydrogen) atoms. The van der Waals surface area contributed by atoms with Gasteiger partial charge in [0.15, 0.2) is 0 Å². The van der Waals surface area contributed by atoms with E-state index in [-0.39, 0.29) is 5.91 Å². The first-order valence-corrected chi connectivity index (χ1v) is 8.45. The number of hydrogen-bond donors (Lipinski definition) is 2. The zero-order valence-electron chi connectivity index (χ0n) is 12.7. The summed E-state index contributed by atoms with van der Waals surface area (Å²) >= 11 is 0. The number of fused-ring (bicyclic) bond motifs is 3. The van der Waals surface area contributed by atoms with E-state index >= 15 is 0 Å². The van der Waals surface area contributed by atoms with Crippen LogP contribution >= 0.6 is 0 Å². The van der Waals surface area contributed by atoms with Crippen LogP contribution in [0.25, 0.3) is 0 Å². The average molecular weight is 279 g/mol. The molecule has 1 amide bonds. The highest BCUT2D eigenvalue weighted by molar-refractivity contribution is 5.76. The van der Waals surface area contributed by atoms with Gasteiger partial charge in [0, 0.05) is 19.0 Å². The van der Waals surface area contributed by atoms with Crippen molar-refractivity contribution in [3.05, 3.63) is 0 Å². The van der Waals surface area contributed by atoms with Crippen LogP contribution in [0.2, 0.25) is 0 Å². The van der Waals surface area contributed by atoms with E-state index in [9.17, 15) is 4.79 Å². The Kier molecular flexibility index (Phi) is 4.61. The number of hydrogen-bond acceptors (Lipinski definition) is 3. The molecule has 3 atom stereocenters. The molecule has 2 bridgehead atoms. The molecule has 0 aromatic rings. The van der Waals surface area contributed by atoms with Crippen LogP contribution in [0.4, 0.5) is 0 Å². The standard InChI is InChI=1S/C16H29N3O/c1-12(14-3-2-6-17-10-14)9-16(20)18-15-11-19-7-4-13(15)5-8-19/h12-15,17H,2-11H2,1H3,(H,18,20). The quantitative estimate of drug-likeness (QED) is 0.813. The van der Waals surface area contributed by atoms with E-state index in [1.54, 1.807) is 0 Å². The molecule has 4 nitrogen and oxygen atoms in total. The molecule has 4 rings (SSSR count). The fourth-order valence-corrected chi connectivity index (χ4v) is 4.22.